The van der Waals surface area contributed by atoms with Gasteiger partial charge >= 0.3 is 0 Å². The van der Waals surface area contributed by atoms with Crippen LogP contribution in [0, 0.1) is 6.92 Å². The van der Waals surface area contributed by atoms with E-state index in [9.17, 15) is 4.79 Å². The Labute approximate surface area is 193 Å². The molecule has 0 unspecified atom stereocenters. The number of aromatic nitrogens is 3. The van der Waals surface area contributed by atoms with Crippen molar-refractivity contribution in [3.05, 3.63) is 60.2 Å². The number of nitrogens with zero attached hydrogens (tertiary/aromatic N) is 5. The van der Waals surface area contributed by atoms with Crippen LogP contribution in [0.3, 0.4) is 0 Å². The minimum absolute atomic E-state index is 0.148. The fraction of sp³-hybridized carbons (Fsp3) is 0.375. The molecule has 4 rings (SSSR count). The first-order chi connectivity index (χ1) is 15.6. The molecule has 1 aliphatic rings. The van der Waals surface area contributed by atoms with Crippen molar-refractivity contribution in [2.75, 3.05) is 45.1 Å². The number of carbonyl (C=O) groups excluding carboxylic acids is 1. The van der Waals surface area contributed by atoms with Crippen molar-refractivity contribution in [2.45, 2.75) is 12.1 Å². The number of hydrogen-bond donors (Lipinski definition) is 0. The van der Waals surface area contributed by atoms with Crippen molar-refractivity contribution < 1.29 is 9.53 Å². The number of para-hydroxylation sites is 1. The lowest BCUT2D eigenvalue weighted by atomic mass is 10.1. The van der Waals surface area contributed by atoms with Crippen LogP contribution in [0.2, 0.25) is 0 Å². The smallest absolute Gasteiger partial charge is 0.233 e. The average molecular weight is 452 g/mol. The summed E-state index contributed by atoms with van der Waals surface area (Å²) < 4.78 is 7.74. The van der Waals surface area contributed by atoms with Crippen LogP contribution in [0.25, 0.3) is 11.4 Å². The number of piperazine rings is 1. The Hall–Kier alpha value is -2.84. The first kappa shape index (κ1) is 22.4. The molecule has 0 bridgehead atoms. The first-order valence-corrected chi connectivity index (χ1v) is 11.9. The second kappa shape index (κ2) is 10.7. The number of thioether (sulfide) groups is 1. The van der Waals surface area contributed by atoms with Crippen LogP contribution in [0.1, 0.15) is 5.56 Å². The number of benzene rings is 2. The third kappa shape index (κ3) is 5.69. The predicted molar refractivity (Wildman–Crippen MR) is 127 cm³/mol. The summed E-state index contributed by atoms with van der Waals surface area (Å²) in [5, 5.41) is 9.38. The van der Waals surface area contributed by atoms with Gasteiger partial charge in [0, 0.05) is 45.3 Å². The van der Waals surface area contributed by atoms with E-state index in [1.807, 2.05) is 59.0 Å². The predicted octanol–water partition coefficient (Wildman–Crippen LogP) is 3.11. The van der Waals surface area contributed by atoms with Crippen molar-refractivity contribution in [1.82, 2.24) is 24.6 Å². The van der Waals surface area contributed by atoms with Crippen molar-refractivity contribution in [1.29, 1.82) is 0 Å². The molecule has 0 N–H and O–H groups in total. The Morgan fingerprint density at radius 1 is 1.03 bits per heavy atom. The van der Waals surface area contributed by atoms with E-state index in [0.717, 1.165) is 55.0 Å². The minimum Gasteiger partial charge on any atom is -0.492 e. The molecule has 1 aromatic heterocycles. The number of rotatable bonds is 8. The zero-order chi connectivity index (χ0) is 22.3. The maximum atomic E-state index is 12.7. The maximum absolute atomic E-state index is 12.7. The summed E-state index contributed by atoms with van der Waals surface area (Å²) in [6.45, 7) is 6.82. The summed E-state index contributed by atoms with van der Waals surface area (Å²) in [5.74, 6) is 2.23. The van der Waals surface area contributed by atoms with E-state index in [1.165, 1.54) is 17.3 Å². The fourth-order valence-electron chi connectivity index (χ4n) is 3.72. The maximum Gasteiger partial charge on any atom is 0.233 e. The van der Waals surface area contributed by atoms with Crippen molar-refractivity contribution in [3.8, 4) is 17.1 Å². The molecule has 1 fully saturated rings. The van der Waals surface area contributed by atoms with E-state index in [0.29, 0.717) is 12.4 Å². The highest BCUT2D eigenvalue weighted by Gasteiger charge is 2.22. The van der Waals surface area contributed by atoms with Gasteiger partial charge in [0.2, 0.25) is 5.91 Å². The van der Waals surface area contributed by atoms with E-state index in [4.69, 9.17) is 4.74 Å². The normalized spacial score (nSPS) is 14.5. The van der Waals surface area contributed by atoms with E-state index in [-0.39, 0.29) is 5.91 Å². The molecule has 1 amide bonds. The van der Waals surface area contributed by atoms with Gasteiger partial charge in [-0.05, 0) is 25.1 Å². The molecule has 1 saturated heterocycles. The molecule has 32 heavy (non-hydrogen) atoms. The monoisotopic (exact) mass is 451 g/mol. The highest BCUT2D eigenvalue weighted by atomic mass is 32.2. The lowest BCUT2D eigenvalue weighted by Crippen LogP contribution is -2.50. The summed E-state index contributed by atoms with van der Waals surface area (Å²) >= 11 is 1.45. The largest absolute Gasteiger partial charge is 0.492 e. The highest BCUT2D eigenvalue weighted by Crippen LogP contribution is 2.23. The van der Waals surface area contributed by atoms with Gasteiger partial charge in [-0.2, -0.15) is 0 Å². The Morgan fingerprint density at radius 2 is 1.81 bits per heavy atom. The molecule has 0 saturated carbocycles. The van der Waals surface area contributed by atoms with Crippen LogP contribution < -0.4 is 4.74 Å². The Morgan fingerprint density at radius 3 is 2.56 bits per heavy atom. The molecule has 0 aliphatic carbocycles. The Bertz CT molecular complexity index is 1030. The third-order valence-corrected chi connectivity index (χ3v) is 6.59. The molecule has 7 nitrogen and oxygen atoms in total. The summed E-state index contributed by atoms with van der Waals surface area (Å²) in [6.07, 6.45) is 0. The number of carbonyl (C=O) groups is 1. The molecule has 2 aromatic carbocycles. The zero-order valence-electron chi connectivity index (χ0n) is 18.6. The molecule has 168 valence electrons. The topological polar surface area (TPSA) is 63.5 Å². The van der Waals surface area contributed by atoms with E-state index >= 15 is 0 Å². The third-order valence-electron chi connectivity index (χ3n) is 5.58. The van der Waals surface area contributed by atoms with E-state index in [2.05, 4.69) is 34.2 Å². The second-order valence-corrected chi connectivity index (χ2v) is 8.85. The minimum atomic E-state index is 0.148. The van der Waals surface area contributed by atoms with Gasteiger partial charge in [-0.15, -0.1) is 10.2 Å². The van der Waals surface area contributed by atoms with E-state index < -0.39 is 0 Å². The fourth-order valence-corrected chi connectivity index (χ4v) is 4.54. The summed E-state index contributed by atoms with van der Waals surface area (Å²) in [6, 6.07) is 18.1. The van der Waals surface area contributed by atoms with Crippen molar-refractivity contribution >= 4 is 17.7 Å². The van der Waals surface area contributed by atoms with Crippen LogP contribution >= 0.6 is 11.8 Å². The molecule has 0 radical (unpaired) electrons. The molecule has 2 heterocycles. The Kier molecular flexibility index (Phi) is 7.44. The van der Waals surface area contributed by atoms with Crippen LogP contribution in [-0.4, -0.2) is 75.6 Å². The molecule has 0 atom stereocenters. The average Bonchev–Trinajstić information content (AvgIpc) is 3.19. The molecular formula is C24H29N5O2S. The number of amides is 1. The lowest BCUT2D eigenvalue weighted by molar-refractivity contribution is -0.130. The zero-order valence-corrected chi connectivity index (χ0v) is 19.4. The summed E-state index contributed by atoms with van der Waals surface area (Å²) in [7, 11) is 1.95. The van der Waals surface area contributed by atoms with Gasteiger partial charge < -0.3 is 14.2 Å². The summed E-state index contributed by atoms with van der Waals surface area (Å²) in [5.41, 5.74) is 2.21. The van der Waals surface area contributed by atoms with E-state index in [1.54, 1.807) is 0 Å². The van der Waals surface area contributed by atoms with Gasteiger partial charge in [0.15, 0.2) is 11.0 Å². The number of ether oxygens (including phenoxy) is 1. The van der Waals surface area contributed by atoms with Gasteiger partial charge in [-0.25, -0.2) is 0 Å². The van der Waals surface area contributed by atoms with Crippen molar-refractivity contribution in [3.63, 3.8) is 0 Å². The van der Waals surface area contributed by atoms with Crippen LogP contribution in [0.5, 0.6) is 5.75 Å². The van der Waals surface area contributed by atoms with Crippen molar-refractivity contribution in [2.24, 2.45) is 7.05 Å². The van der Waals surface area contributed by atoms with Gasteiger partial charge in [0.25, 0.3) is 0 Å². The SMILES string of the molecule is Cc1cccc(-c2nnc(SCC(=O)N3CCN(CCOc4ccccc4)CC3)n2C)c1. The highest BCUT2D eigenvalue weighted by molar-refractivity contribution is 7.99. The first-order valence-electron chi connectivity index (χ1n) is 10.9. The van der Waals surface area contributed by atoms with Gasteiger partial charge in [-0.3, -0.25) is 9.69 Å². The van der Waals surface area contributed by atoms with Crippen LogP contribution in [0.15, 0.2) is 59.8 Å². The second-order valence-electron chi connectivity index (χ2n) is 7.91. The molecule has 1 aliphatic heterocycles. The lowest BCUT2D eigenvalue weighted by Gasteiger charge is -2.34. The molecule has 8 heteroatoms. The number of hydrogen-bond acceptors (Lipinski definition) is 6. The van der Waals surface area contributed by atoms with Crippen LogP contribution in [0.4, 0.5) is 0 Å². The van der Waals surface area contributed by atoms with Gasteiger partial charge in [0.05, 0.1) is 5.75 Å². The molecule has 3 aromatic rings. The van der Waals surface area contributed by atoms with Crippen LogP contribution in [-0.2, 0) is 11.8 Å². The van der Waals surface area contributed by atoms with Gasteiger partial charge in [-0.1, -0.05) is 53.7 Å². The number of aryl methyl sites for hydroxylation is 1. The molecule has 0 spiro atoms. The standard InChI is InChI=1S/C24H29N5O2S/c1-19-7-6-8-20(17-19)23-25-26-24(27(23)2)32-18-22(30)29-13-11-28(12-14-29)15-16-31-21-9-4-3-5-10-21/h3-10,17H,11-16,18H2,1-2H3. The van der Waals surface area contributed by atoms with Gasteiger partial charge in [0.1, 0.15) is 12.4 Å². The quantitative estimate of drug-likeness (QED) is 0.491. The molecular weight excluding hydrogens is 422 g/mol. The summed E-state index contributed by atoms with van der Waals surface area (Å²) in [4.78, 5) is 17.0. The Balaban J connectivity index is 1.21.